The largest absolute Gasteiger partial charge is 0.450 e. The van der Waals surface area contributed by atoms with Gasteiger partial charge in [0.05, 0.1) is 19.2 Å². The lowest BCUT2D eigenvalue weighted by Gasteiger charge is -2.17. The first-order valence-electron chi connectivity index (χ1n) is 9.76. The maximum absolute atomic E-state index is 11.7. The van der Waals surface area contributed by atoms with Gasteiger partial charge >= 0.3 is 6.09 Å². The van der Waals surface area contributed by atoms with E-state index in [4.69, 9.17) is 9.47 Å². The van der Waals surface area contributed by atoms with Crippen LogP contribution in [-0.4, -0.2) is 57.5 Å². The van der Waals surface area contributed by atoms with Crippen LogP contribution >= 0.6 is 0 Å². The second kappa shape index (κ2) is 11.2. The number of hydrogen-bond acceptors (Lipinski definition) is 4. The molecule has 144 valence electrons. The summed E-state index contributed by atoms with van der Waals surface area (Å²) in [5, 5.41) is 9.52. The van der Waals surface area contributed by atoms with Gasteiger partial charge in [-0.3, -0.25) is 4.99 Å². The SMILES string of the molecule is CCNC(=NCC(NC(=O)OCC)C1CC1)NCCCOCC1CC1. The van der Waals surface area contributed by atoms with Crippen molar-refractivity contribution in [2.75, 3.05) is 39.5 Å². The number of alkyl carbamates (subject to hydrolysis) is 1. The lowest BCUT2D eigenvalue weighted by atomic mass is 10.2. The number of guanidine groups is 1. The molecule has 1 atom stereocenters. The minimum absolute atomic E-state index is 0.0522. The maximum atomic E-state index is 11.7. The van der Waals surface area contributed by atoms with Gasteiger partial charge in [0.1, 0.15) is 0 Å². The van der Waals surface area contributed by atoms with Crippen molar-refractivity contribution in [3.63, 3.8) is 0 Å². The van der Waals surface area contributed by atoms with Gasteiger partial charge in [-0.1, -0.05) is 0 Å². The monoisotopic (exact) mass is 354 g/mol. The van der Waals surface area contributed by atoms with Crippen molar-refractivity contribution in [1.29, 1.82) is 0 Å². The van der Waals surface area contributed by atoms with Crippen molar-refractivity contribution < 1.29 is 14.3 Å². The highest BCUT2D eigenvalue weighted by molar-refractivity contribution is 5.79. The number of ether oxygens (including phenoxy) is 2. The molecule has 7 heteroatoms. The molecule has 7 nitrogen and oxygen atoms in total. The van der Waals surface area contributed by atoms with Crippen molar-refractivity contribution in [2.45, 2.75) is 52.0 Å². The van der Waals surface area contributed by atoms with Crippen LogP contribution in [0, 0.1) is 11.8 Å². The highest BCUT2D eigenvalue weighted by Gasteiger charge is 2.32. The summed E-state index contributed by atoms with van der Waals surface area (Å²) in [7, 11) is 0. The van der Waals surface area contributed by atoms with Crippen LogP contribution in [0.25, 0.3) is 0 Å². The Balaban J connectivity index is 1.67. The van der Waals surface area contributed by atoms with E-state index in [1.807, 2.05) is 13.8 Å². The molecular formula is C18H34N4O3. The number of amides is 1. The predicted molar refractivity (Wildman–Crippen MR) is 98.8 cm³/mol. The molecule has 2 aliphatic carbocycles. The van der Waals surface area contributed by atoms with E-state index in [1.165, 1.54) is 12.8 Å². The van der Waals surface area contributed by atoms with Crippen LogP contribution in [0.15, 0.2) is 4.99 Å². The average Bonchev–Trinajstić information content (AvgIpc) is 3.47. The molecule has 2 saturated carbocycles. The standard InChI is InChI=1S/C18H34N4O3/c1-3-19-17(20-10-5-11-24-13-14-6-7-14)21-12-16(15-8-9-15)22-18(23)25-4-2/h14-16H,3-13H2,1-2H3,(H,22,23)(H2,19,20,21). The second-order valence-electron chi connectivity index (χ2n) is 6.83. The highest BCUT2D eigenvalue weighted by atomic mass is 16.5. The Bertz CT molecular complexity index is 423. The van der Waals surface area contributed by atoms with Gasteiger partial charge in [0.15, 0.2) is 5.96 Å². The molecule has 3 N–H and O–H groups in total. The maximum Gasteiger partial charge on any atom is 0.407 e. The third kappa shape index (κ3) is 8.95. The topological polar surface area (TPSA) is 84.0 Å². The highest BCUT2D eigenvalue weighted by Crippen LogP contribution is 2.32. The summed E-state index contributed by atoms with van der Waals surface area (Å²) in [5.74, 6) is 2.13. The van der Waals surface area contributed by atoms with E-state index in [1.54, 1.807) is 0 Å². The predicted octanol–water partition coefficient (Wildman–Crippen LogP) is 1.88. The zero-order chi connectivity index (χ0) is 17.9. The van der Waals surface area contributed by atoms with Gasteiger partial charge in [-0.15, -0.1) is 0 Å². The smallest absolute Gasteiger partial charge is 0.407 e. The van der Waals surface area contributed by atoms with Gasteiger partial charge < -0.3 is 25.4 Å². The lowest BCUT2D eigenvalue weighted by molar-refractivity contribution is 0.123. The Morgan fingerprint density at radius 2 is 2.00 bits per heavy atom. The second-order valence-corrected chi connectivity index (χ2v) is 6.83. The van der Waals surface area contributed by atoms with Crippen molar-refractivity contribution in [3.8, 4) is 0 Å². The van der Waals surface area contributed by atoms with E-state index in [0.717, 1.165) is 57.4 Å². The zero-order valence-electron chi connectivity index (χ0n) is 15.7. The summed E-state index contributed by atoms with van der Waals surface area (Å²) < 4.78 is 10.6. The van der Waals surface area contributed by atoms with Crippen LogP contribution in [0.4, 0.5) is 4.79 Å². The Morgan fingerprint density at radius 3 is 2.64 bits per heavy atom. The van der Waals surface area contributed by atoms with Crippen LogP contribution < -0.4 is 16.0 Å². The molecule has 0 aromatic heterocycles. The van der Waals surface area contributed by atoms with Crippen LogP contribution in [0.3, 0.4) is 0 Å². The first-order chi connectivity index (χ1) is 12.2. The first-order valence-corrected chi connectivity index (χ1v) is 9.76. The molecule has 0 spiro atoms. The Morgan fingerprint density at radius 1 is 1.20 bits per heavy atom. The van der Waals surface area contributed by atoms with E-state index in [-0.39, 0.29) is 12.1 Å². The molecule has 2 fully saturated rings. The third-order valence-electron chi connectivity index (χ3n) is 4.37. The molecule has 0 aromatic carbocycles. The minimum Gasteiger partial charge on any atom is -0.450 e. The molecule has 25 heavy (non-hydrogen) atoms. The average molecular weight is 354 g/mol. The summed E-state index contributed by atoms with van der Waals surface area (Å²) in [6, 6.07) is 0.0522. The van der Waals surface area contributed by atoms with Gasteiger partial charge in [-0.2, -0.15) is 0 Å². The minimum atomic E-state index is -0.347. The summed E-state index contributed by atoms with van der Waals surface area (Å²) in [5.41, 5.74) is 0. The zero-order valence-corrected chi connectivity index (χ0v) is 15.7. The summed E-state index contributed by atoms with van der Waals surface area (Å²) in [6.07, 6.45) is 5.57. The Labute approximate surface area is 151 Å². The summed E-state index contributed by atoms with van der Waals surface area (Å²) >= 11 is 0. The molecule has 0 heterocycles. The summed E-state index contributed by atoms with van der Waals surface area (Å²) in [4.78, 5) is 16.3. The van der Waals surface area contributed by atoms with Crippen molar-refractivity contribution >= 4 is 12.1 Å². The molecule has 1 amide bonds. The molecule has 1 unspecified atom stereocenters. The number of carbonyl (C=O) groups excluding carboxylic acids is 1. The lowest BCUT2D eigenvalue weighted by Crippen LogP contribution is -2.42. The van der Waals surface area contributed by atoms with Gasteiger partial charge in [0, 0.05) is 26.3 Å². The number of aliphatic imine (C=N–C) groups is 1. The molecule has 0 saturated heterocycles. The third-order valence-corrected chi connectivity index (χ3v) is 4.37. The molecule has 0 radical (unpaired) electrons. The first kappa shape index (κ1) is 19.8. The van der Waals surface area contributed by atoms with Crippen LogP contribution in [0.2, 0.25) is 0 Å². The molecule has 2 rings (SSSR count). The Hall–Kier alpha value is -1.50. The van der Waals surface area contributed by atoms with Gasteiger partial charge in [0.25, 0.3) is 0 Å². The van der Waals surface area contributed by atoms with Crippen molar-refractivity contribution in [1.82, 2.24) is 16.0 Å². The van der Waals surface area contributed by atoms with Gasteiger partial charge in [-0.05, 0) is 57.8 Å². The van der Waals surface area contributed by atoms with Crippen LogP contribution in [0.1, 0.15) is 46.0 Å². The van der Waals surface area contributed by atoms with Gasteiger partial charge in [-0.25, -0.2) is 4.79 Å². The molecule has 0 aliphatic heterocycles. The molecular weight excluding hydrogens is 320 g/mol. The number of nitrogens with one attached hydrogen (secondary N) is 3. The van der Waals surface area contributed by atoms with Crippen LogP contribution in [0.5, 0.6) is 0 Å². The number of hydrogen-bond donors (Lipinski definition) is 3. The van der Waals surface area contributed by atoms with E-state index >= 15 is 0 Å². The van der Waals surface area contributed by atoms with E-state index in [2.05, 4.69) is 20.9 Å². The fraction of sp³-hybridized carbons (Fsp3) is 0.889. The summed E-state index contributed by atoms with van der Waals surface area (Å²) in [6.45, 7) is 8.15. The normalized spacial score (nSPS) is 18.6. The fourth-order valence-electron chi connectivity index (χ4n) is 2.58. The number of nitrogens with zero attached hydrogens (tertiary/aromatic N) is 1. The van der Waals surface area contributed by atoms with E-state index in [9.17, 15) is 4.79 Å². The Kier molecular flexibility index (Phi) is 8.86. The van der Waals surface area contributed by atoms with Crippen LogP contribution in [-0.2, 0) is 9.47 Å². The van der Waals surface area contributed by atoms with E-state index < -0.39 is 0 Å². The molecule has 2 aliphatic rings. The van der Waals surface area contributed by atoms with Crippen molar-refractivity contribution in [2.24, 2.45) is 16.8 Å². The van der Waals surface area contributed by atoms with E-state index in [0.29, 0.717) is 19.1 Å². The number of carbonyl (C=O) groups is 1. The van der Waals surface area contributed by atoms with Gasteiger partial charge in [0.2, 0.25) is 0 Å². The molecule has 0 bridgehead atoms. The fourth-order valence-corrected chi connectivity index (χ4v) is 2.58. The quantitative estimate of drug-likeness (QED) is 0.283. The van der Waals surface area contributed by atoms with Crippen molar-refractivity contribution in [3.05, 3.63) is 0 Å². The molecule has 0 aromatic rings. The number of rotatable bonds is 12.